The molecule has 1 amide bonds. The number of nitrogens with zero attached hydrogens (tertiary/aromatic N) is 1. The number of benzene rings is 1. The highest BCUT2D eigenvalue weighted by molar-refractivity contribution is 6.30. The molecule has 2 aromatic rings. The molecule has 0 aliphatic rings. The van der Waals surface area contributed by atoms with E-state index in [-0.39, 0.29) is 11.9 Å². The predicted molar refractivity (Wildman–Crippen MR) is 89.0 cm³/mol. The largest absolute Gasteiger partial charge is 0.349 e. The number of amides is 1. The van der Waals surface area contributed by atoms with E-state index < -0.39 is 0 Å². The lowest BCUT2D eigenvalue weighted by atomic mass is 9.99. The van der Waals surface area contributed by atoms with Crippen LogP contribution in [0.3, 0.4) is 0 Å². The number of halogens is 1. The first kappa shape index (κ1) is 16.5. The average Bonchev–Trinajstić information content (AvgIpc) is 2.53. The van der Waals surface area contributed by atoms with Gasteiger partial charge in [0, 0.05) is 18.8 Å². The molecule has 116 valence electrons. The van der Waals surface area contributed by atoms with E-state index in [9.17, 15) is 4.79 Å². The number of hydrogen-bond donors (Lipinski definition) is 2. The number of rotatable bonds is 5. The molecular weight excluding hydrogens is 298 g/mol. The van der Waals surface area contributed by atoms with Crippen molar-refractivity contribution in [3.63, 3.8) is 0 Å². The summed E-state index contributed by atoms with van der Waals surface area (Å²) < 4.78 is 0. The number of hydrogen-bond acceptors (Lipinski definition) is 3. The van der Waals surface area contributed by atoms with Crippen LogP contribution < -0.4 is 11.1 Å². The molecule has 4 nitrogen and oxygen atoms in total. The second-order valence-corrected chi connectivity index (χ2v) is 5.94. The number of pyridine rings is 1. The van der Waals surface area contributed by atoms with Gasteiger partial charge >= 0.3 is 0 Å². The molecule has 0 bridgehead atoms. The first-order chi connectivity index (χ1) is 10.5. The Bertz CT molecular complexity index is 623. The SMILES string of the molecule is CC(C)c1ccc(C(N)CNC(=O)c2ccc(Cl)cn2)cc1. The molecule has 22 heavy (non-hydrogen) atoms. The highest BCUT2D eigenvalue weighted by atomic mass is 35.5. The lowest BCUT2D eigenvalue weighted by Gasteiger charge is -2.14. The summed E-state index contributed by atoms with van der Waals surface area (Å²) in [7, 11) is 0. The van der Waals surface area contributed by atoms with Crippen molar-refractivity contribution in [3.05, 3.63) is 64.4 Å². The standard InChI is InChI=1S/C17H20ClN3O/c1-11(2)12-3-5-13(6-4-12)15(19)10-21-17(22)16-8-7-14(18)9-20-16/h3-9,11,15H,10,19H2,1-2H3,(H,21,22). The van der Waals surface area contributed by atoms with Crippen molar-refractivity contribution < 1.29 is 4.79 Å². The molecule has 0 saturated carbocycles. The van der Waals surface area contributed by atoms with Gasteiger partial charge in [0.1, 0.15) is 5.69 Å². The van der Waals surface area contributed by atoms with Crippen LogP contribution in [0, 0.1) is 0 Å². The van der Waals surface area contributed by atoms with Crippen LogP contribution in [0.1, 0.15) is 47.4 Å². The number of nitrogens with one attached hydrogen (secondary N) is 1. The molecule has 0 aliphatic heterocycles. The maximum absolute atomic E-state index is 12.0. The predicted octanol–water partition coefficient (Wildman–Crippen LogP) is 3.29. The molecule has 1 aromatic heterocycles. The van der Waals surface area contributed by atoms with Crippen LogP contribution in [0.15, 0.2) is 42.6 Å². The van der Waals surface area contributed by atoms with E-state index in [0.717, 1.165) is 5.56 Å². The second kappa shape index (κ2) is 7.38. The number of carbonyl (C=O) groups excluding carboxylic acids is 1. The van der Waals surface area contributed by atoms with Crippen molar-refractivity contribution in [1.29, 1.82) is 0 Å². The zero-order valence-electron chi connectivity index (χ0n) is 12.7. The molecule has 0 aliphatic carbocycles. The molecule has 1 atom stereocenters. The van der Waals surface area contributed by atoms with E-state index in [4.69, 9.17) is 17.3 Å². The van der Waals surface area contributed by atoms with Crippen molar-refractivity contribution in [2.45, 2.75) is 25.8 Å². The van der Waals surface area contributed by atoms with Gasteiger partial charge in [-0.1, -0.05) is 49.7 Å². The van der Waals surface area contributed by atoms with Gasteiger partial charge in [-0.2, -0.15) is 0 Å². The van der Waals surface area contributed by atoms with Crippen LogP contribution in [-0.4, -0.2) is 17.4 Å². The van der Waals surface area contributed by atoms with E-state index in [2.05, 4.69) is 36.3 Å². The van der Waals surface area contributed by atoms with E-state index >= 15 is 0 Å². The van der Waals surface area contributed by atoms with Crippen molar-refractivity contribution in [3.8, 4) is 0 Å². The fourth-order valence-corrected chi connectivity index (χ4v) is 2.16. The number of nitrogens with two attached hydrogens (primary N) is 1. The van der Waals surface area contributed by atoms with Crippen LogP contribution in [-0.2, 0) is 0 Å². The minimum absolute atomic E-state index is 0.252. The summed E-state index contributed by atoms with van der Waals surface area (Å²) in [6.45, 7) is 4.65. The first-order valence-corrected chi connectivity index (χ1v) is 7.60. The van der Waals surface area contributed by atoms with Gasteiger partial charge in [0.05, 0.1) is 5.02 Å². The molecule has 0 saturated heterocycles. The molecule has 1 aromatic carbocycles. The summed E-state index contributed by atoms with van der Waals surface area (Å²) in [5, 5.41) is 3.28. The Labute approximate surface area is 135 Å². The molecule has 0 fully saturated rings. The smallest absolute Gasteiger partial charge is 0.269 e. The van der Waals surface area contributed by atoms with Gasteiger partial charge in [0.2, 0.25) is 0 Å². The number of aromatic nitrogens is 1. The Morgan fingerprint density at radius 3 is 2.36 bits per heavy atom. The third-order valence-electron chi connectivity index (χ3n) is 3.47. The topological polar surface area (TPSA) is 68.0 Å². The van der Waals surface area contributed by atoms with Crippen molar-refractivity contribution in [1.82, 2.24) is 10.3 Å². The molecule has 2 rings (SSSR count). The third kappa shape index (κ3) is 4.29. The van der Waals surface area contributed by atoms with Gasteiger partial charge in [-0.3, -0.25) is 4.79 Å². The Morgan fingerprint density at radius 1 is 1.18 bits per heavy atom. The van der Waals surface area contributed by atoms with Gasteiger partial charge in [-0.25, -0.2) is 4.98 Å². The second-order valence-electron chi connectivity index (χ2n) is 5.50. The number of carbonyl (C=O) groups is 1. The summed E-state index contributed by atoms with van der Waals surface area (Å²) in [5.74, 6) is 0.229. The van der Waals surface area contributed by atoms with Crippen molar-refractivity contribution in [2.75, 3.05) is 6.54 Å². The highest BCUT2D eigenvalue weighted by Gasteiger charge is 2.11. The lowest BCUT2D eigenvalue weighted by Crippen LogP contribution is -2.32. The normalized spacial score (nSPS) is 12.2. The average molecular weight is 318 g/mol. The Kier molecular flexibility index (Phi) is 5.52. The first-order valence-electron chi connectivity index (χ1n) is 7.22. The van der Waals surface area contributed by atoms with Crippen molar-refractivity contribution in [2.24, 2.45) is 5.73 Å². The monoisotopic (exact) mass is 317 g/mol. The van der Waals surface area contributed by atoms with Crippen molar-refractivity contribution >= 4 is 17.5 Å². The molecule has 1 unspecified atom stereocenters. The van der Waals surface area contributed by atoms with E-state index in [1.54, 1.807) is 12.1 Å². The molecule has 1 heterocycles. The van der Waals surface area contributed by atoms with Crippen LogP contribution in [0.25, 0.3) is 0 Å². The van der Waals surface area contributed by atoms with Crippen LogP contribution in [0.5, 0.6) is 0 Å². The Hall–Kier alpha value is -1.91. The van der Waals surface area contributed by atoms with E-state index in [0.29, 0.717) is 23.2 Å². The maximum atomic E-state index is 12.0. The summed E-state index contributed by atoms with van der Waals surface area (Å²) in [4.78, 5) is 15.9. The van der Waals surface area contributed by atoms with Gasteiger partial charge < -0.3 is 11.1 Å². The summed E-state index contributed by atoms with van der Waals surface area (Å²) >= 11 is 5.74. The fraction of sp³-hybridized carbons (Fsp3) is 0.294. The van der Waals surface area contributed by atoms with Gasteiger partial charge in [0.25, 0.3) is 5.91 Å². The highest BCUT2D eigenvalue weighted by Crippen LogP contribution is 2.17. The minimum Gasteiger partial charge on any atom is -0.349 e. The molecule has 0 spiro atoms. The quantitative estimate of drug-likeness (QED) is 0.889. The van der Waals surface area contributed by atoms with E-state index in [1.165, 1.54) is 11.8 Å². The summed E-state index contributed by atoms with van der Waals surface area (Å²) in [5.41, 5.74) is 8.70. The molecule has 0 radical (unpaired) electrons. The van der Waals surface area contributed by atoms with E-state index in [1.807, 2.05) is 12.1 Å². The van der Waals surface area contributed by atoms with Crippen LogP contribution >= 0.6 is 11.6 Å². The maximum Gasteiger partial charge on any atom is 0.269 e. The Morgan fingerprint density at radius 2 is 1.82 bits per heavy atom. The van der Waals surface area contributed by atoms with Crippen LogP contribution in [0.4, 0.5) is 0 Å². The molecular formula is C17H20ClN3O. The summed E-state index contributed by atoms with van der Waals surface area (Å²) in [6.07, 6.45) is 1.45. The third-order valence-corrected chi connectivity index (χ3v) is 3.70. The molecule has 5 heteroatoms. The molecule has 3 N–H and O–H groups in total. The van der Waals surface area contributed by atoms with Crippen LogP contribution in [0.2, 0.25) is 5.02 Å². The lowest BCUT2D eigenvalue weighted by molar-refractivity contribution is 0.0946. The minimum atomic E-state index is -0.258. The Balaban J connectivity index is 1.93. The summed E-state index contributed by atoms with van der Waals surface area (Å²) in [6, 6.07) is 11.1. The van der Waals surface area contributed by atoms with Gasteiger partial charge in [-0.15, -0.1) is 0 Å². The van der Waals surface area contributed by atoms with Gasteiger partial charge in [-0.05, 0) is 29.2 Å². The zero-order chi connectivity index (χ0) is 16.1. The zero-order valence-corrected chi connectivity index (χ0v) is 13.5. The van der Waals surface area contributed by atoms with Gasteiger partial charge in [0.15, 0.2) is 0 Å². The fourth-order valence-electron chi connectivity index (χ4n) is 2.05.